The molecule has 2 aliphatic carbocycles. The monoisotopic (exact) mass is 371 g/mol. The van der Waals surface area contributed by atoms with Gasteiger partial charge in [-0.05, 0) is 50.3 Å². The molecule has 0 spiro atoms. The van der Waals surface area contributed by atoms with Gasteiger partial charge in [0.2, 0.25) is 0 Å². The van der Waals surface area contributed by atoms with Crippen LogP contribution in [0, 0.1) is 6.92 Å². The van der Waals surface area contributed by atoms with Crippen molar-refractivity contribution in [3.05, 3.63) is 29.1 Å². The fourth-order valence-electron chi connectivity index (χ4n) is 5.22. The van der Waals surface area contributed by atoms with Gasteiger partial charge in [-0.3, -0.25) is 4.98 Å². The molecule has 0 amide bonds. The molecule has 27 heavy (non-hydrogen) atoms. The second-order valence-electron chi connectivity index (χ2n) is 8.79. The van der Waals surface area contributed by atoms with Crippen LogP contribution in [0.5, 0.6) is 0 Å². The number of nitrogens with zero attached hydrogens (tertiary/aromatic N) is 1. The molecule has 1 aromatic heterocycles. The highest BCUT2D eigenvalue weighted by Crippen LogP contribution is 2.21. The highest BCUT2D eigenvalue weighted by atomic mass is 15.1. The first-order valence-corrected chi connectivity index (χ1v) is 11.2. The van der Waals surface area contributed by atoms with Gasteiger partial charge in [0.15, 0.2) is 0 Å². The highest BCUT2D eigenvalue weighted by molar-refractivity contribution is 5.20. The lowest BCUT2D eigenvalue weighted by molar-refractivity contribution is 0.266. The van der Waals surface area contributed by atoms with Gasteiger partial charge in [0.25, 0.3) is 0 Å². The molecular formula is C22H37N5. The van der Waals surface area contributed by atoms with Crippen LogP contribution >= 0.6 is 0 Å². The van der Waals surface area contributed by atoms with Crippen LogP contribution < -0.4 is 21.3 Å². The molecule has 1 aliphatic heterocycles. The summed E-state index contributed by atoms with van der Waals surface area (Å²) in [5, 5.41) is 15.3. The molecule has 0 aromatic carbocycles. The minimum absolute atomic E-state index is 0.565. The van der Waals surface area contributed by atoms with Crippen LogP contribution in [-0.4, -0.2) is 42.2 Å². The van der Waals surface area contributed by atoms with Gasteiger partial charge in [-0.2, -0.15) is 0 Å². The zero-order valence-electron chi connectivity index (χ0n) is 16.9. The molecule has 2 saturated carbocycles. The molecule has 2 bridgehead atoms. The van der Waals surface area contributed by atoms with E-state index in [0.29, 0.717) is 24.2 Å². The largest absolute Gasteiger partial charge is 0.311 e. The Hall–Kier alpha value is -1.01. The summed E-state index contributed by atoms with van der Waals surface area (Å²) in [5.41, 5.74) is 3.69. The van der Waals surface area contributed by atoms with Gasteiger partial charge >= 0.3 is 0 Å². The van der Waals surface area contributed by atoms with E-state index in [1.165, 1.54) is 68.3 Å². The third kappa shape index (κ3) is 5.29. The average molecular weight is 372 g/mol. The first-order valence-electron chi connectivity index (χ1n) is 11.2. The van der Waals surface area contributed by atoms with Gasteiger partial charge < -0.3 is 21.3 Å². The van der Waals surface area contributed by atoms with Gasteiger partial charge in [-0.1, -0.05) is 25.7 Å². The molecule has 4 rings (SSSR count). The molecule has 1 aromatic rings. The molecule has 5 heteroatoms. The number of rotatable bonds is 0. The summed E-state index contributed by atoms with van der Waals surface area (Å²) in [6.45, 7) is 6.08. The molecule has 3 aliphatic rings. The number of nitrogens with one attached hydrogen (secondary N) is 4. The Morgan fingerprint density at radius 1 is 0.667 bits per heavy atom. The summed E-state index contributed by atoms with van der Waals surface area (Å²) >= 11 is 0. The van der Waals surface area contributed by atoms with Crippen molar-refractivity contribution in [2.24, 2.45) is 0 Å². The number of aromatic nitrogens is 1. The predicted molar refractivity (Wildman–Crippen MR) is 111 cm³/mol. The minimum atomic E-state index is 0.565. The number of fused-ring (bicyclic) bond motifs is 4. The lowest BCUT2D eigenvalue weighted by Crippen LogP contribution is -2.53. The van der Waals surface area contributed by atoms with Gasteiger partial charge in [-0.15, -0.1) is 0 Å². The van der Waals surface area contributed by atoms with Crippen LogP contribution in [0.25, 0.3) is 0 Å². The van der Waals surface area contributed by atoms with E-state index in [2.05, 4.69) is 40.3 Å². The van der Waals surface area contributed by atoms with E-state index in [1.54, 1.807) is 0 Å². The molecule has 5 nitrogen and oxygen atoms in total. The Bertz CT molecular complexity index is 556. The third-order valence-electron chi connectivity index (χ3n) is 6.64. The molecule has 0 radical (unpaired) electrons. The quantitative estimate of drug-likeness (QED) is 0.564. The number of hydrogen-bond acceptors (Lipinski definition) is 5. The second kappa shape index (κ2) is 9.46. The Balaban J connectivity index is 1.51. The first kappa shape index (κ1) is 19.3. The van der Waals surface area contributed by atoms with E-state index in [1.807, 2.05) is 0 Å². The van der Waals surface area contributed by atoms with E-state index >= 15 is 0 Å². The van der Waals surface area contributed by atoms with Gasteiger partial charge in [0.1, 0.15) is 0 Å². The summed E-state index contributed by atoms with van der Waals surface area (Å²) in [7, 11) is 0. The summed E-state index contributed by atoms with van der Waals surface area (Å²) in [4.78, 5) is 4.95. The number of aryl methyl sites for hydroxylation is 1. The van der Waals surface area contributed by atoms with Crippen molar-refractivity contribution in [1.29, 1.82) is 0 Å². The van der Waals surface area contributed by atoms with Crippen LogP contribution in [0.2, 0.25) is 0 Å². The lowest BCUT2D eigenvalue weighted by Gasteiger charge is -2.34. The molecular weight excluding hydrogens is 334 g/mol. The molecule has 0 saturated heterocycles. The number of pyridine rings is 1. The fraction of sp³-hybridized carbons (Fsp3) is 0.773. The summed E-state index contributed by atoms with van der Waals surface area (Å²) in [6.07, 6.45) is 10.5. The van der Waals surface area contributed by atoms with Crippen molar-refractivity contribution < 1.29 is 0 Å². The molecule has 2 fully saturated rings. The Morgan fingerprint density at radius 2 is 1.07 bits per heavy atom. The summed E-state index contributed by atoms with van der Waals surface area (Å²) in [5.74, 6) is 0. The lowest BCUT2D eigenvalue weighted by atomic mass is 9.89. The molecule has 4 atom stereocenters. The van der Waals surface area contributed by atoms with Crippen molar-refractivity contribution in [1.82, 2.24) is 26.3 Å². The first-order chi connectivity index (χ1) is 13.3. The Kier molecular flexibility index (Phi) is 6.77. The normalized spacial score (nSPS) is 33.2. The standard InChI is InChI=1S/C22H37N5/c1-16-12-17-14-25-21-8-4-2-6-19(21)23-10-11-24-20-7-3-5-9-22(20)26-15-18(13-16)27-17/h12-13,19-26H,2-11,14-15H2,1H3/t19-,20-,21-,22-/m1/s1. The summed E-state index contributed by atoms with van der Waals surface area (Å²) < 4.78 is 0. The van der Waals surface area contributed by atoms with Crippen LogP contribution in [0.15, 0.2) is 12.1 Å². The van der Waals surface area contributed by atoms with Gasteiger partial charge in [0, 0.05) is 50.3 Å². The maximum atomic E-state index is 4.95. The molecule has 0 unspecified atom stereocenters. The van der Waals surface area contributed by atoms with Crippen molar-refractivity contribution in [3.63, 3.8) is 0 Å². The van der Waals surface area contributed by atoms with Gasteiger partial charge in [-0.25, -0.2) is 0 Å². The maximum absolute atomic E-state index is 4.95. The zero-order chi connectivity index (χ0) is 18.5. The second-order valence-corrected chi connectivity index (χ2v) is 8.79. The van der Waals surface area contributed by atoms with Crippen molar-refractivity contribution in [2.75, 3.05) is 13.1 Å². The van der Waals surface area contributed by atoms with E-state index in [0.717, 1.165) is 26.2 Å². The highest BCUT2D eigenvalue weighted by Gasteiger charge is 2.26. The van der Waals surface area contributed by atoms with E-state index in [-0.39, 0.29) is 0 Å². The van der Waals surface area contributed by atoms with E-state index in [9.17, 15) is 0 Å². The summed E-state index contributed by atoms with van der Waals surface area (Å²) in [6, 6.07) is 6.80. The van der Waals surface area contributed by atoms with Crippen LogP contribution in [0.3, 0.4) is 0 Å². The van der Waals surface area contributed by atoms with Crippen LogP contribution in [-0.2, 0) is 13.1 Å². The van der Waals surface area contributed by atoms with E-state index in [4.69, 9.17) is 4.98 Å². The topological polar surface area (TPSA) is 61.0 Å². The fourth-order valence-corrected chi connectivity index (χ4v) is 5.22. The average Bonchev–Trinajstić information content (AvgIpc) is 2.69. The predicted octanol–water partition coefficient (Wildman–Crippen LogP) is 2.38. The smallest absolute Gasteiger partial charge is 0.0548 e. The minimum Gasteiger partial charge on any atom is -0.311 e. The SMILES string of the molecule is Cc1cc2nc(c1)CN[C@@H]1CCCC[C@H]1NCCN[C@@H]1CCCC[C@H]1NC2. The van der Waals surface area contributed by atoms with Crippen LogP contribution in [0.1, 0.15) is 68.3 Å². The Labute approximate surface area is 164 Å². The van der Waals surface area contributed by atoms with Gasteiger partial charge in [0.05, 0.1) is 11.4 Å². The number of hydrogen-bond donors (Lipinski definition) is 4. The van der Waals surface area contributed by atoms with E-state index < -0.39 is 0 Å². The molecule has 150 valence electrons. The molecule has 4 N–H and O–H groups in total. The van der Waals surface area contributed by atoms with Crippen molar-refractivity contribution in [2.45, 2.75) is 95.5 Å². The van der Waals surface area contributed by atoms with Crippen molar-refractivity contribution in [3.8, 4) is 0 Å². The van der Waals surface area contributed by atoms with Crippen molar-refractivity contribution >= 4 is 0 Å². The maximum Gasteiger partial charge on any atom is 0.0548 e. The van der Waals surface area contributed by atoms with Crippen LogP contribution in [0.4, 0.5) is 0 Å². The zero-order valence-corrected chi connectivity index (χ0v) is 16.9. The molecule has 2 heterocycles. The third-order valence-corrected chi connectivity index (χ3v) is 6.64. The Morgan fingerprint density at radius 3 is 1.52 bits per heavy atom.